The van der Waals surface area contributed by atoms with Crippen LogP contribution in [-0.4, -0.2) is 15.1 Å². The number of aromatic hydroxyl groups is 1. The lowest BCUT2D eigenvalue weighted by Gasteiger charge is -2.22. The van der Waals surface area contributed by atoms with Gasteiger partial charge in [0, 0.05) is 22.8 Å². The second-order valence-electron chi connectivity index (χ2n) is 6.37. The van der Waals surface area contributed by atoms with E-state index in [2.05, 4.69) is 15.3 Å². The molecule has 0 fully saturated rings. The summed E-state index contributed by atoms with van der Waals surface area (Å²) in [6.45, 7) is 1.88. The molecule has 2 aromatic heterocycles. The normalized spacial score (nSPS) is 12.1. The Bertz CT molecular complexity index is 1080. The van der Waals surface area contributed by atoms with Crippen molar-refractivity contribution in [1.82, 2.24) is 9.97 Å². The Morgan fingerprint density at radius 2 is 1.74 bits per heavy atom. The third-order valence-electron chi connectivity index (χ3n) is 4.48. The molecule has 4 aromatic rings. The number of benzene rings is 2. The second kappa shape index (κ2) is 7.03. The third kappa shape index (κ3) is 3.44. The summed E-state index contributed by atoms with van der Waals surface area (Å²) in [7, 11) is 0. The van der Waals surface area contributed by atoms with E-state index in [4.69, 9.17) is 0 Å². The van der Waals surface area contributed by atoms with Gasteiger partial charge in [-0.05, 0) is 42.8 Å². The van der Waals surface area contributed by atoms with Crippen LogP contribution in [0.3, 0.4) is 0 Å². The van der Waals surface area contributed by atoms with Crippen molar-refractivity contribution in [2.24, 2.45) is 0 Å². The van der Waals surface area contributed by atoms with Crippen molar-refractivity contribution in [2.75, 3.05) is 5.32 Å². The molecule has 4 rings (SSSR count). The van der Waals surface area contributed by atoms with Crippen molar-refractivity contribution in [3.63, 3.8) is 0 Å². The summed E-state index contributed by atoms with van der Waals surface area (Å²) in [6, 6.07) is 19.0. The molecule has 2 N–H and O–H groups in total. The Morgan fingerprint density at radius 1 is 0.963 bits per heavy atom. The van der Waals surface area contributed by atoms with E-state index in [-0.39, 0.29) is 11.6 Å². The van der Waals surface area contributed by atoms with Crippen LogP contribution in [0.25, 0.3) is 10.9 Å². The molecule has 2 heterocycles. The summed E-state index contributed by atoms with van der Waals surface area (Å²) < 4.78 is 13.4. The molecule has 0 amide bonds. The number of hydrogen-bond acceptors (Lipinski definition) is 4. The molecule has 4 nitrogen and oxygen atoms in total. The summed E-state index contributed by atoms with van der Waals surface area (Å²) in [4.78, 5) is 8.79. The van der Waals surface area contributed by atoms with Gasteiger partial charge in [-0.3, -0.25) is 0 Å². The summed E-state index contributed by atoms with van der Waals surface area (Å²) >= 11 is 0. The van der Waals surface area contributed by atoms with Crippen molar-refractivity contribution >= 4 is 16.7 Å². The summed E-state index contributed by atoms with van der Waals surface area (Å²) in [5.74, 6) is 0.452. The molecular formula is C22H18FN3O. The average molecular weight is 359 g/mol. The highest BCUT2D eigenvalue weighted by Gasteiger charge is 2.20. The van der Waals surface area contributed by atoms with E-state index in [0.717, 1.165) is 16.6 Å². The Morgan fingerprint density at radius 3 is 2.48 bits per heavy atom. The summed E-state index contributed by atoms with van der Waals surface area (Å²) in [5.41, 5.74) is 2.83. The van der Waals surface area contributed by atoms with E-state index in [1.165, 1.54) is 12.1 Å². The van der Waals surface area contributed by atoms with Gasteiger partial charge in [0.05, 0.1) is 6.04 Å². The molecule has 1 atom stereocenters. The van der Waals surface area contributed by atoms with Crippen molar-refractivity contribution in [3.05, 3.63) is 95.6 Å². The minimum absolute atomic E-state index is 0.106. The van der Waals surface area contributed by atoms with Gasteiger partial charge in [-0.15, -0.1) is 0 Å². The SMILES string of the molecule is Cc1ccc2ccc([C@@H](Nc3ccccn3)c3ccc(F)cc3)c(O)c2n1. The zero-order valence-corrected chi connectivity index (χ0v) is 14.7. The van der Waals surface area contributed by atoms with Crippen LogP contribution in [0.1, 0.15) is 22.9 Å². The van der Waals surface area contributed by atoms with Gasteiger partial charge < -0.3 is 10.4 Å². The third-order valence-corrected chi connectivity index (χ3v) is 4.48. The average Bonchev–Trinajstić information content (AvgIpc) is 2.69. The van der Waals surface area contributed by atoms with Crippen molar-refractivity contribution < 1.29 is 9.50 Å². The Hall–Kier alpha value is -3.47. The molecule has 0 saturated heterocycles. The predicted molar refractivity (Wildman–Crippen MR) is 104 cm³/mol. The lowest BCUT2D eigenvalue weighted by atomic mass is 9.96. The van der Waals surface area contributed by atoms with E-state index in [1.807, 2.05) is 49.4 Å². The number of halogens is 1. The fourth-order valence-corrected chi connectivity index (χ4v) is 3.11. The number of hydrogen-bond donors (Lipinski definition) is 2. The number of anilines is 1. The molecule has 0 radical (unpaired) electrons. The van der Waals surface area contributed by atoms with Crippen LogP contribution in [0, 0.1) is 12.7 Å². The van der Waals surface area contributed by atoms with Crippen molar-refractivity contribution in [1.29, 1.82) is 0 Å². The fraction of sp³-hybridized carbons (Fsp3) is 0.0909. The van der Waals surface area contributed by atoms with Gasteiger partial charge in [-0.1, -0.05) is 36.4 Å². The van der Waals surface area contributed by atoms with Gasteiger partial charge in [0.15, 0.2) is 0 Å². The van der Waals surface area contributed by atoms with Gasteiger partial charge in [-0.25, -0.2) is 14.4 Å². The fourth-order valence-electron chi connectivity index (χ4n) is 3.11. The van der Waals surface area contributed by atoms with Crippen LogP contribution >= 0.6 is 0 Å². The van der Waals surface area contributed by atoms with E-state index < -0.39 is 6.04 Å². The molecule has 134 valence electrons. The Balaban J connectivity index is 1.86. The van der Waals surface area contributed by atoms with Crippen LogP contribution in [0.15, 0.2) is 72.9 Å². The molecule has 0 aliphatic carbocycles. The first-order valence-electron chi connectivity index (χ1n) is 8.64. The van der Waals surface area contributed by atoms with E-state index >= 15 is 0 Å². The molecule has 0 unspecified atom stereocenters. The van der Waals surface area contributed by atoms with Gasteiger partial charge in [-0.2, -0.15) is 0 Å². The highest BCUT2D eigenvalue weighted by atomic mass is 19.1. The largest absolute Gasteiger partial charge is 0.505 e. The minimum atomic E-state index is -0.410. The quantitative estimate of drug-likeness (QED) is 0.539. The maximum atomic E-state index is 13.4. The number of nitrogens with one attached hydrogen (secondary N) is 1. The number of phenolic OH excluding ortho intramolecular Hbond substituents is 1. The maximum absolute atomic E-state index is 13.4. The molecule has 27 heavy (non-hydrogen) atoms. The molecule has 0 aliphatic rings. The highest BCUT2D eigenvalue weighted by Crippen LogP contribution is 2.36. The lowest BCUT2D eigenvalue weighted by Crippen LogP contribution is -2.13. The van der Waals surface area contributed by atoms with Crippen molar-refractivity contribution in [3.8, 4) is 5.75 Å². The summed E-state index contributed by atoms with van der Waals surface area (Å²) in [5, 5.41) is 15.1. The molecular weight excluding hydrogens is 341 g/mol. The van der Waals surface area contributed by atoms with Crippen LogP contribution in [0.2, 0.25) is 0 Å². The first-order valence-corrected chi connectivity index (χ1v) is 8.64. The number of phenols is 1. The van der Waals surface area contributed by atoms with E-state index in [0.29, 0.717) is 16.9 Å². The zero-order chi connectivity index (χ0) is 18.8. The van der Waals surface area contributed by atoms with Gasteiger partial charge in [0.2, 0.25) is 0 Å². The van der Waals surface area contributed by atoms with Gasteiger partial charge in [0.1, 0.15) is 22.9 Å². The minimum Gasteiger partial charge on any atom is -0.505 e. The predicted octanol–water partition coefficient (Wildman–Crippen LogP) is 4.98. The maximum Gasteiger partial charge on any atom is 0.147 e. The molecule has 5 heteroatoms. The van der Waals surface area contributed by atoms with Crippen LogP contribution in [-0.2, 0) is 0 Å². The lowest BCUT2D eigenvalue weighted by molar-refractivity contribution is 0.471. The summed E-state index contributed by atoms with van der Waals surface area (Å²) in [6.07, 6.45) is 1.69. The van der Waals surface area contributed by atoms with Crippen LogP contribution < -0.4 is 5.32 Å². The van der Waals surface area contributed by atoms with Gasteiger partial charge >= 0.3 is 0 Å². The standard InChI is InChI=1S/C22H18FN3O/c1-14-5-6-16-9-12-18(22(27)21(16)25-14)20(15-7-10-17(23)11-8-15)26-19-4-2-3-13-24-19/h2-13,20,27H,1H3,(H,24,26)/t20-/m0/s1. The number of aryl methyl sites for hydroxylation is 1. The molecule has 0 aliphatic heterocycles. The number of aromatic nitrogens is 2. The molecule has 0 spiro atoms. The van der Waals surface area contributed by atoms with E-state index in [1.54, 1.807) is 18.3 Å². The second-order valence-corrected chi connectivity index (χ2v) is 6.37. The number of fused-ring (bicyclic) bond motifs is 1. The Labute approximate surface area is 156 Å². The molecule has 0 bridgehead atoms. The number of rotatable bonds is 4. The van der Waals surface area contributed by atoms with Crippen molar-refractivity contribution in [2.45, 2.75) is 13.0 Å². The van der Waals surface area contributed by atoms with Crippen LogP contribution in [0.4, 0.5) is 10.2 Å². The first kappa shape index (κ1) is 17.0. The molecule has 2 aromatic carbocycles. The van der Waals surface area contributed by atoms with Crippen LogP contribution in [0.5, 0.6) is 5.75 Å². The smallest absolute Gasteiger partial charge is 0.147 e. The number of pyridine rings is 2. The number of nitrogens with zero attached hydrogens (tertiary/aromatic N) is 2. The topological polar surface area (TPSA) is 58.0 Å². The van der Waals surface area contributed by atoms with Gasteiger partial charge in [0.25, 0.3) is 0 Å². The molecule has 0 saturated carbocycles. The highest BCUT2D eigenvalue weighted by molar-refractivity contribution is 5.86. The zero-order valence-electron chi connectivity index (χ0n) is 14.7. The Kier molecular flexibility index (Phi) is 4.42. The van der Waals surface area contributed by atoms with E-state index in [9.17, 15) is 9.50 Å². The first-order chi connectivity index (χ1) is 13.1. The monoisotopic (exact) mass is 359 g/mol.